The van der Waals surface area contributed by atoms with E-state index in [4.69, 9.17) is 21.6 Å². The van der Waals surface area contributed by atoms with Gasteiger partial charge in [-0.1, -0.05) is 33.6 Å². The van der Waals surface area contributed by atoms with Gasteiger partial charge >= 0.3 is 11.9 Å². The van der Waals surface area contributed by atoms with Crippen molar-refractivity contribution in [2.75, 3.05) is 13.2 Å². The van der Waals surface area contributed by atoms with Crippen molar-refractivity contribution in [3.63, 3.8) is 0 Å². The van der Waals surface area contributed by atoms with Crippen LogP contribution in [0.15, 0.2) is 0 Å². The molecule has 0 spiro atoms. The lowest BCUT2D eigenvalue weighted by Gasteiger charge is -2.22. The van der Waals surface area contributed by atoms with Crippen molar-refractivity contribution >= 4 is 11.9 Å². The fourth-order valence-corrected chi connectivity index (χ4v) is 1.73. The smallest absolute Gasteiger partial charge is 0.308 e. The normalized spacial score (nSPS) is 13.5. The summed E-state index contributed by atoms with van der Waals surface area (Å²) in [7, 11) is 0. The number of esters is 2. The molecule has 0 saturated carbocycles. The minimum absolute atomic E-state index is 0.0953. The first-order valence-corrected chi connectivity index (χ1v) is 8.26. The van der Waals surface area contributed by atoms with Crippen LogP contribution in [0.5, 0.6) is 0 Å². The van der Waals surface area contributed by atoms with E-state index in [0.717, 1.165) is 12.8 Å². The van der Waals surface area contributed by atoms with Gasteiger partial charge in [0.1, 0.15) is 0 Å². The van der Waals surface area contributed by atoms with Gasteiger partial charge in [-0.05, 0) is 31.1 Å². The molecule has 1 unspecified atom stereocenters. The second kappa shape index (κ2) is 11.1. The van der Waals surface area contributed by atoms with Crippen LogP contribution >= 0.6 is 0 Å². The molecule has 0 heterocycles. The predicted octanol–water partition coefficient (Wildman–Crippen LogP) is 2.67. The number of carbonyl (C=O) groups is 2. The Morgan fingerprint density at radius 2 is 1.52 bits per heavy atom. The van der Waals surface area contributed by atoms with Gasteiger partial charge in [-0.25, -0.2) is 0 Å². The summed E-state index contributed by atoms with van der Waals surface area (Å²) in [5, 5.41) is 0. The lowest BCUT2D eigenvalue weighted by atomic mass is 9.92. The monoisotopic (exact) mass is 325 g/mol. The second-order valence-electron chi connectivity index (χ2n) is 6.78. The van der Waals surface area contributed by atoms with E-state index < -0.39 is 11.5 Å². The summed E-state index contributed by atoms with van der Waals surface area (Å²) in [5.41, 5.74) is 4.84. The Kier molecular flexibility index (Phi) is 10.3. The fourth-order valence-electron chi connectivity index (χ4n) is 1.73. The number of hydrogen-bond donors (Lipinski definition) is 1. The van der Waals surface area contributed by atoms with Gasteiger partial charge in [-0.15, -0.1) is 6.42 Å². The maximum atomic E-state index is 11.8. The summed E-state index contributed by atoms with van der Waals surface area (Å²) in [6.45, 7) is 8.96. The molecule has 0 aromatic carbocycles. The number of carbonyl (C=O) groups excluding carboxylic acids is 2. The van der Waals surface area contributed by atoms with Crippen LogP contribution in [0, 0.1) is 24.2 Å². The molecule has 0 fully saturated rings. The summed E-state index contributed by atoms with van der Waals surface area (Å²) in [6, 6.07) is 0. The molecule has 5 nitrogen and oxygen atoms in total. The van der Waals surface area contributed by atoms with Crippen molar-refractivity contribution in [3.8, 4) is 12.3 Å². The largest absolute Gasteiger partial charge is 0.466 e. The Bertz CT molecular complexity index is 412. The van der Waals surface area contributed by atoms with E-state index in [1.807, 2.05) is 13.8 Å². The number of nitrogens with two attached hydrogens (primary N) is 1. The summed E-state index contributed by atoms with van der Waals surface area (Å²) in [5.74, 6) is 2.56. The number of ether oxygens (including phenoxy) is 2. The second-order valence-corrected chi connectivity index (χ2v) is 6.78. The molecule has 0 aromatic heterocycles. The van der Waals surface area contributed by atoms with Gasteiger partial charge in [0.2, 0.25) is 0 Å². The van der Waals surface area contributed by atoms with E-state index in [9.17, 15) is 9.59 Å². The van der Waals surface area contributed by atoms with Gasteiger partial charge in [0.15, 0.2) is 0 Å². The highest BCUT2D eigenvalue weighted by Crippen LogP contribution is 2.16. The fraction of sp³-hybridized carbons (Fsp3) is 0.778. The molecule has 1 atom stereocenters. The molecule has 23 heavy (non-hydrogen) atoms. The lowest BCUT2D eigenvalue weighted by Crippen LogP contribution is -2.41. The van der Waals surface area contributed by atoms with E-state index in [1.54, 1.807) is 0 Å². The van der Waals surface area contributed by atoms with Crippen LogP contribution in [-0.2, 0) is 19.1 Å². The van der Waals surface area contributed by atoms with Crippen molar-refractivity contribution in [1.82, 2.24) is 0 Å². The van der Waals surface area contributed by atoms with E-state index in [2.05, 4.69) is 19.8 Å². The first kappa shape index (κ1) is 21.5. The van der Waals surface area contributed by atoms with Crippen molar-refractivity contribution < 1.29 is 19.1 Å². The molecule has 0 aliphatic rings. The Hall–Kier alpha value is -1.54. The van der Waals surface area contributed by atoms with Crippen LogP contribution in [0.4, 0.5) is 0 Å². The Balaban J connectivity index is 4.16. The van der Waals surface area contributed by atoms with E-state index in [1.165, 1.54) is 0 Å². The molecule has 0 rings (SSSR count). The molecule has 2 N–H and O–H groups in total. The molecule has 0 saturated heterocycles. The Labute approximate surface area is 140 Å². The third-order valence-corrected chi connectivity index (χ3v) is 3.44. The summed E-state index contributed by atoms with van der Waals surface area (Å²) in [6.07, 6.45) is 7.23. The zero-order valence-corrected chi connectivity index (χ0v) is 14.9. The van der Waals surface area contributed by atoms with Gasteiger partial charge in [-0.2, -0.15) is 0 Å². The number of rotatable bonds is 11. The SMILES string of the molecule is C#CC(N)(CCC(=O)OCCC(C)C)CC(=O)OCCC(C)C. The molecular formula is C18H31NO4. The van der Waals surface area contributed by atoms with Gasteiger partial charge in [0.05, 0.1) is 25.2 Å². The average molecular weight is 325 g/mol. The molecule has 0 amide bonds. The predicted molar refractivity (Wildman–Crippen MR) is 90.4 cm³/mol. The van der Waals surface area contributed by atoms with Gasteiger partial charge in [0.25, 0.3) is 0 Å². The quantitative estimate of drug-likeness (QED) is 0.467. The van der Waals surface area contributed by atoms with Crippen molar-refractivity contribution in [1.29, 1.82) is 0 Å². The van der Waals surface area contributed by atoms with E-state index >= 15 is 0 Å². The highest BCUT2D eigenvalue weighted by atomic mass is 16.5. The highest BCUT2D eigenvalue weighted by Gasteiger charge is 2.28. The van der Waals surface area contributed by atoms with Gasteiger partial charge in [-0.3, -0.25) is 9.59 Å². The van der Waals surface area contributed by atoms with Crippen molar-refractivity contribution in [3.05, 3.63) is 0 Å². The average Bonchev–Trinajstić information content (AvgIpc) is 2.44. The third-order valence-electron chi connectivity index (χ3n) is 3.44. The first-order valence-electron chi connectivity index (χ1n) is 8.26. The third kappa shape index (κ3) is 11.7. The van der Waals surface area contributed by atoms with Crippen LogP contribution in [0.3, 0.4) is 0 Å². The maximum Gasteiger partial charge on any atom is 0.308 e. The molecule has 132 valence electrons. The van der Waals surface area contributed by atoms with Crippen LogP contribution in [0.1, 0.15) is 59.8 Å². The molecule has 0 aliphatic carbocycles. The van der Waals surface area contributed by atoms with Crippen molar-refractivity contribution in [2.24, 2.45) is 17.6 Å². The molecular weight excluding hydrogens is 294 g/mol. The minimum atomic E-state index is -1.17. The van der Waals surface area contributed by atoms with Crippen molar-refractivity contribution in [2.45, 2.75) is 65.3 Å². The topological polar surface area (TPSA) is 78.6 Å². The first-order chi connectivity index (χ1) is 10.7. The standard InChI is InChI=1S/C18H31NO4/c1-6-18(19,13-17(21)23-12-9-15(4)5)10-7-16(20)22-11-8-14(2)3/h1,14-15H,7-13,19H2,2-5H3. The van der Waals surface area contributed by atoms with Crippen LogP contribution in [-0.4, -0.2) is 30.7 Å². The Morgan fingerprint density at radius 1 is 1.04 bits per heavy atom. The summed E-state index contributed by atoms with van der Waals surface area (Å²) >= 11 is 0. The number of hydrogen-bond acceptors (Lipinski definition) is 5. The summed E-state index contributed by atoms with van der Waals surface area (Å²) in [4.78, 5) is 23.4. The molecule has 5 heteroatoms. The van der Waals surface area contributed by atoms with Crippen LogP contribution < -0.4 is 5.73 Å². The molecule has 0 aromatic rings. The van der Waals surface area contributed by atoms with Crippen LogP contribution in [0.25, 0.3) is 0 Å². The summed E-state index contributed by atoms with van der Waals surface area (Å²) < 4.78 is 10.2. The molecule has 0 bridgehead atoms. The van der Waals surface area contributed by atoms with Gasteiger partial charge in [0, 0.05) is 6.42 Å². The van der Waals surface area contributed by atoms with E-state index in [-0.39, 0.29) is 25.2 Å². The van der Waals surface area contributed by atoms with Gasteiger partial charge < -0.3 is 15.2 Å². The zero-order chi connectivity index (χ0) is 17.9. The minimum Gasteiger partial charge on any atom is -0.466 e. The van der Waals surface area contributed by atoms with Crippen LogP contribution in [0.2, 0.25) is 0 Å². The molecule has 0 aliphatic heterocycles. The highest BCUT2D eigenvalue weighted by molar-refractivity contribution is 5.73. The number of terminal acetylenes is 1. The molecule has 0 radical (unpaired) electrons. The Morgan fingerprint density at radius 3 is 1.96 bits per heavy atom. The zero-order valence-electron chi connectivity index (χ0n) is 14.9. The van der Waals surface area contributed by atoms with E-state index in [0.29, 0.717) is 25.0 Å². The lowest BCUT2D eigenvalue weighted by molar-refractivity contribution is -0.147. The maximum absolute atomic E-state index is 11.8.